The quantitative estimate of drug-likeness (QED) is 0.840. The lowest BCUT2D eigenvalue weighted by Gasteiger charge is -2.09. The van der Waals surface area contributed by atoms with Gasteiger partial charge >= 0.3 is 0 Å². The van der Waals surface area contributed by atoms with Crippen LogP contribution in [0.2, 0.25) is 0 Å². The summed E-state index contributed by atoms with van der Waals surface area (Å²) in [6.45, 7) is 1.98. The third kappa shape index (κ3) is 4.00. The van der Waals surface area contributed by atoms with Crippen molar-refractivity contribution in [1.29, 1.82) is 0 Å². The topological polar surface area (TPSA) is 26.0 Å². The van der Waals surface area contributed by atoms with Crippen LogP contribution in [-0.2, 0) is 6.42 Å². The SMILES string of the molecule is CCC(N)CCc1ccc(Br)c(F)c1F.Cl. The molecule has 5 heteroatoms. The van der Waals surface area contributed by atoms with Crippen LogP contribution in [0.4, 0.5) is 8.78 Å². The number of benzene rings is 1. The lowest BCUT2D eigenvalue weighted by atomic mass is 10.0. The molecule has 2 N–H and O–H groups in total. The van der Waals surface area contributed by atoms with E-state index >= 15 is 0 Å². The molecule has 0 saturated carbocycles. The van der Waals surface area contributed by atoms with Gasteiger partial charge in [0.2, 0.25) is 0 Å². The average molecular weight is 315 g/mol. The molecule has 1 aromatic rings. The highest BCUT2D eigenvalue weighted by atomic mass is 79.9. The van der Waals surface area contributed by atoms with Crippen molar-refractivity contribution in [1.82, 2.24) is 0 Å². The zero-order valence-corrected chi connectivity index (χ0v) is 11.4. The fraction of sp³-hybridized carbons (Fsp3) is 0.455. The Labute approximate surface area is 109 Å². The standard InChI is InChI=1S/C11H14BrF2N.ClH/c1-2-8(15)5-3-7-4-6-9(12)11(14)10(7)13;/h4,6,8H,2-3,5,15H2,1H3;1H. The molecule has 1 rings (SSSR count). The van der Waals surface area contributed by atoms with E-state index in [9.17, 15) is 8.78 Å². The van der Waals surface area contributed by atoms with E-state index in [1.807, 2.05) is 6.92 Å². The van der Waals surface area contributed by atoms with Crippen molar-refractivity contribution in [2.24, 2.45) is 5.73 Å². The zero-order chi connectivity index (χ0) is 11.4. The van der Waals surface area contributed by atoms with Gasteiger partial charge in [0, 0.05) is 6.04 Å². The van der Waals surface area contributed by atoms with Crippen LogP contribution in [0.15, 0.2) is 16.6 Å². The van der Waals surface area contributed by atoms with Crippen molar-refractivity contribution in [3.8, 4) is 0 Å². The third-order valence-corrected chi connectivity index (χ3v) is 3.04. The summed E-state index contributed by atoms with van der Waals surface area (Å²) in [6, 6.07) is 3.16. The molecule has 1 unspecified atom stereocenters. The van der Waals surface area contributed by atoms with E-state index in [-0.39, 0.29) is 22.9 Å². The molecule has 1 nitrogen and oxygen atoms in total. The Bertz CT molecular complexity index is 347. The molecule has 1 atom stereocenters. The number of rotatable bonds is 4. The monoisotopic (exact) mass is 313 g/mol. The normalized spacial score (nSPS) is 12.1. The Morgan fingerprint density at radius 3 is 2.50 bits per heavy atom. The predicted molar refractivity (Wildman–Crippen MR) is 67.9 cm³/mol. The van der Waals surface area contributed by atoms with Gasteiger partial charge in [-0.2, -0.15) is 0 Å². The molecule has 0 aromatic heterocycles. The van der Waals surface area contributed by atoms with Crippen molar-refractivity contribution in [3.63, 3.8) is 0 Å². The van der Waals surface area contributed by atoms with E-state index < -0.39 is 11.6 Å². The van der Waals surface area contributed by atoms with E-state index in [1.54, 1.807) is 6.07 Å². The van der Waals surface area contributed by atoms with Gasteiger partial charge in [0.1, 0.15) is 0 Å². The minimum atomic E-state index is -0.822. The Morgan fingerprint density at radius 1 is 1.31 bits per heavy atom. The second kappa shape index (κ2) is 7.20. The number of hydrogen-bond donors (Lipinski definition) is 1. The van der Waals surface area contributed by atoms with Crippen LogP contribution in [0, 0.1) is 11.6 Å². The van der Waals surface area contributed by atoms with E-state index in [2.05, 4.69) is 15.9 Å². The van der Waals surface area contributed by atoms with Crippen LogP contribution in [-0.4, -0.2) is 6.04 Å². The summed E-state index contributed by atoms with van der Waals surface area (Å²) >= 11 is 2.93. The molecule has 1 aromatic carbocycles. The Kier molecular flexibility index (Phi) is 7.11. The van der Waals surface area contributed by atoms with Gasteiger partial charge < -0.3 is 5.73 Å². The van der Waals surface area contributed by atoms with E-state index in [0.717, 1.165) is 6.42 Å². The van der Waals surface area contributed by atoms with Crippen molar-refractivity contribution in [2.75, 3.05) is 0 Å². The molecular weight excluding hydrogens is 299 g/mol. The van der Waals surface area contributed by atoms with Gasteiger partial charge in [-0.15, -0.1) is 12.4 Å². The van der Waals surface area contributed by atoms with Crippen LogP contribution >= 0.6 is 28.3 Å². The number of aryl methyl sites for hydroxylation is 1. The summed E-state index contributed by atoms with van der Waals surface area (Å²) < 4.78 is 26.7. The largest absolute Gasteiger partial charge is 0.328 e. The fourth-order valence-electron chi connectivity index (χ4n) is 1.30. The van der Waals surface area contributed by atoms with Crippen LogP contribution < -0.4 is 5.73 Å². The highest BCUT2D eigenvalue weighted by Crippen LogP contribution is 2.22. The summed E-state index contributed by atoms with van der Waals surface area (Å²) in [5, 5.41) is 0. The molecule has 16 heavy (non-hydrogen) atoms. The summed E-state index contributed by atoms with van der Waals surface area (Å²) in [5.41, 5.74) is 6.10. The van der Waals surface area contributed by atoms with Crippen molar-refractivity contribution in [2.45, 2.75) is 32.2 Å². The van der Waals surface area contributed by atoms with Gasteiger partial charge in [0.25, 0.3) is 0 Å². The van der Waals surface area contributed by atoms with E-state index in [4.69, 9.17) is 5.73 Å². The maximum absolute atomic E-state index is 13.4. The highest BCUT2D eigenvalue weighted by Gasteiger charge is 2.12. The summed E-state index contributed by atoms with van der Waals surface area (Å²) in [4.78, 5) is 0. The molecule has 0 bridgehead atoms. The first-order valence-corrected chi connectivity index (χ1v) is 5.73. The lowest BCUT2D eigenvalue weighted by Crippen LogP contribution is -2.19. The first-order valence-electron chi connectivity index (χ1n) is 4.94. The molecule has 0 aliphatic rings. The molecule has 0 aliphatic heterocycles. The molecule has 0 amide bonds. The molecule has 0 saturated heterocycles. The zero-order valence-electron chi connectivity index (χ0n) is 8.97. The Balaban J connectivity index is 0.00000225. The molecule has 0 aliphatic carbocycles. The average Bonchev–Trinajstić information content (AvgIpc) is 2.24. The van der Waals surface area contributed by atoms with Crippen LogP contribution in [0.25, 0.3) is 0 Å². The Hall–Kier alpha value is -0.190. The highest BCUT2D eigenvalue weighted by molar-refractivity contribution is 9.10. The molecule has 0 radical (unpaired) electrons. The summed E-state index contributed by atoms with van der Waals surface area (Å²) in [6.07, 6.45) is 2.00. The third-order valence-electron chi connectivity index (χ3n) is 2.42. The minimum Gasteiger partial charge on any atom is -0.328 e. The van der Waals surface area contributed by atoms with Gasteiger partial charge in [0.15, 0.2) is 11.6 Å². The van der Waals surface area contributed by atoms with E-state index in [1.165, 1.54) is 6.07 Å². The smallest absolute Gasteiger partial charge is 0.173 e. The summed E-state index contributed by atoms with van der Waals surface area (Å²) in [7, 11) is 0. The van der Waals surface area contributed by atoms with Gasteiger partial charge in [-0.05, 0) is 46.8 Å². The fourth-order valence-corrected chi connectivity index (χ4v) is 1.61. The number of hydrogen-bond acceptors (Lipinski definition) is 1. The van der Waals surface area contributed by atoms with Crippen LogP contribution in [0.1, 0.15) is 25.3 Å². The first kappa shape index (κ1) is 15.8. The first-order chi connectivity index (χ1) is 7.06. The summed E-state index contributed by atoms with van der Waals surface area (Å²) in [5.74, 6) is -1.59. The van der Waals surface area contributed by atoms with E-state index in [0.29, 0.717) is 18.4 Å². The second-order valence-electron chi connectivity index (χ2n) is 3.54. The predicted octanol–water partition coefficient (Wildman–Crippen LogP) is 3.82. The van der Waals surface area contributed by atoms with Gasteiger partial charge in [-0.3, -0.25) is 0 Å². The maximum Gasteiger partial charge on any atom is 0.173 e. The minimum absolute atomic E-state index is 0. The molecule has 0 fully saturated rings. The molecule has 0 spiro atoms. The van der Waals surface area contributed by atoms with Crippen molar-refractivity contribution in [3.05, 3.63) is 33.8 Å². The van der Waals surface area contributed by atoms with Crippen LogP contribution in [0.3, 0.4) is 0 Å². The number of halogens is 4. The van der Waals surface area contributed by atoms with Gasteiger partial charge in [0.05, 0.1) is 4.47 Å². The Morgan fingerprint density at radius 2 is 1.94 bits per heavy atom. The van der Waals surface area contributed by atoms with Crippen molar-refractivity contribution >= 4 is 28.3 Å². The van der Waals surface area contributed by atoms with Gasteiger partial charge in [-0.1, -0.05) is 13.0 Å². The van der Waals surface area contributed by atoms with Crippen LogP contribution in [0.5, 0.6) is 0 Å². The molecular formula is C11H15BrClF2N. The molecule has 0 heterocycles. The second-order valence-corrected chi connectivity index (χ2v) is 4.40. The molecule has 92 valence electrons. The number of nitrogens with two attached hydrogens (primary N) is 1. The van der Waals surface area contributed by atoms with Gasteiger partial charge in [-0.25, -0.2) is 8.78 Å². The van der Waals surface area contributed by atoms with Crippen molar-refractivity contribution < 1.29 is 8.78 Å². The lowest BCUT2D eigenvalue weighted by molar-refractivity contribution is 0.488. The maximum atomic E-state index is 13.4.